The normalized spacial score (nSPS) is 19.7. The first-order chi connectivity index (χ1) is 9.15. The molecule has 1 atom stereocenters. The van der Waals surface area contributed by atoms with Gasteiger partial charge < -0.3 is 19.5 Å². The maximum Gasteiger partial charge on any atom is 0.270 e. The van der Waals surface area contributed by atoms with Crippen molar-refractivity contribution in [2.75, 3.05) is 33.3 Å². The zero-order valence-corrected chi connectivity index (χ0v) is 12.9. The predicted octanol–water partition coefficient (Wildman–Crippen LogP) is 1.33. The highest BCUT2D eigenvalue weighted by Gasteiger charge is 2.26. The van der Waals surface area contributed by atoms with Crippen LogP contribution in [0.5, 0.6) is 0 Å². The SMILES string of the molecule is CCn1cc(Br)cc1C(=O)N1CCOC(CNC)C1. The fourth-order valence-electron chi connectivity index (χ4n) is 2.33. The first-order valence-corrected chi connectivity index (χ1v) is 7.36. The van der Waals surface area contributed by atoms with Crippen LogP contribution in [0.3, 0.4) is 0 Å². The number of nitrogens with zero attached hydrogens (tertiary/aromatic N) is 2. The Morgan fingerprint density at radius 1 is 1.63 bits per heavy atom. The Morgan fingerprint density at radius 3 is 3.11 bits per heavy atom. The van der Waals surface area contributed by atoms with Gasteiger partial charge in [0.05, 0.1) is 12.7 Å². The zero-order chi connectivity index (χ0) is 13.8. The summed E-state index contributed by atoms with van der Waals surface area (Å²) in [5.41, 5.74) is 0.736. The molecule has 1 aromatic heterocycles. The molecule has 6 heteroatoms. The molecule has 0 aliphatic carbocycles. The van der Waals surface area contributed by atoms with Gasteiger partial charge in [0, 0.05) is 36.8 Å². The van der Waals surface area contributed by atoms with Gasteiger partial charge in [-0.2, -0.15) is 0 Å². The van der Waals surface area contributed by atoms with Gasteiger partial charge in [-0.25, -0.2) is 0 Å². The van der Waals surface area contributed by atoms with Crippen LogP contribution in [0.4, 0.5) is 0 Å². The lowest BCUT2D eigenvalue weighted by molar-refractivity contribution is -0.0199. The minimum atomic E-state index is 0.0798. The number of likely N-dealkylation sites (N-methyl/N-ethyl adjacent to an activating group) is 1. The fourth-order valence-corrected chi connectivity index (χ4v) is 2.80. The van der Waals surface area contributed by atoms with E-state index in [2.05, 4.69) is 21.2 Å². The second-order valence-electron chi connectivity index (χ2n) is 4.63. The molecule has 0 saturated carbocycles. The molecule has 1 saturated heterocycles. The third kappa shape index (κ3) is 3.38. The number of amides is 1. The zero-order valence-electron chi connectivity index (χ0n) is 11.4. The molecular weight excluding hydrogens is 310 g/mol. The molecule has 0 aromatic carbocycles. The van der Waals surface area contributed by atoms with Crippen LogP contribution in [-0.2, 0) is 11.3 Å². The Bertz CT molecular complexity index is 445. The maximum absolute atomic E-state index is 12.6. The van der Waals surface area contributed by atoms with E-state index in [0.29, 0.717) is 19.7 Å². The number of halogens is 1. The van der Waals surface area contributed by atoms with Crippen LogP contribution in [0.25, 0.3) is 0 Å². The number of carbonyl (C=O) groups is 1. The number of rotatable bonds is 4. The van der Waals surface area contributed by atoms with E-state index in [4.69, 9.17) is 4.74 Å². The van der Waals surface area contributed by atoms with E-state index in [9.17, 15) is 4.79 Å². The van der Waals surface area contributed by atoms with E-state index >= 15 is 0 Å². The van der Waals surface area contributed by atoms with Crippen LogP contribution in [0.2, 0.25) is 0 Å². The van der Waals surface area contributed by atoms with Crippen molar-refractivity contribution in [2.24, 2.45) is 0 Å². The third-order valence-corrected chi connectivity index (χ3v) is 3.71. The molecule has 1 amide bonds. The van der Waals surface area contributed by atoms with Gasteiger partial charge in [0.1, 0.15) is 5.69 Å². The first kappa shape index (κ1) is 14.6. The summed E-state index contributed by atoms with van der Waals surface area (Å²) in [6.45, 7) is 5.50. The first-order valence-electron chi connectivity index (χ1n) is 6.56. The van der Waals surface area contributed by atoms with E-state index < -0.39 is 0 Å². The predicted molar refractivity (Wildman–Crippen MR) is 77.4 cm³/mol. The summed E-state index contributed by atoms with van der Waals surface area (Å²) >= 11 is 3.43. The van der Waals surface area contributed by atoms with Crippen molar-refractivity contribution in [1.82, 2.24) is 14.8 Å². The number of morpholine rings is 1. The summed E-state index contributed by atoms with van der Waals surface area (Å²) in [6, 6.07) is 1.88. The highest BCUT2D eigenvalue weighted by atomic mass is 79.9. The van der Waals surface area contributed by atoms with E-state index in [1.807, 2.05) is 35.7 Å². The summed E-state index contributed by atoms with van der Waals surface area (Å²) in [5, 5.41) is 3.09. The van der Waals surface area contributed by atoms with Crippen LogP contribution in [-0.4, -0.2) is 54.8 Å². The molecular formula is C13H20BrN3O2. The Balaban J connectivity index is 2.10. The molecule has 1 unspecified atom stereocenters. The van der Waals surface area contributed by atoms with Crippen molar-refractivity contribution in [2.45, 2.75) is 19.6 Å². The Morgan fingerprint density at radius 2 is 2.42 bits per heavy atom. The number of aromatic nitrogens is 1. The lowest BCUT2D eigenvalue weighted by atomic mass is 10.2. The van der Waals surface area contributed by atoms with E-state index in [-0.39, 0.29) is 12.0 Å². The van der Waals surface area contributed by atoms with Crippen LogP contribution in [0.15, 0.2) is 16.7 Å². The Labute approximate surface area is 122 Å². The standard InChI is InChI=1S/C13H20BrN3O2/c1-3-16-8-10(14)6-12(16)13(18)17-4-5-19-11(9-17)7-15-2/h6,8,11,15H,3-5,7,9H2,1-2H3. The van der Waals surface area contributed by atoms with Crippen molar-refractivity contribution in [1.29, 1.82) is 0 Å². The minimum Gasteiger partial charge on any atom is -0.373 e. The van der Waals surface area contributed by atoms with Crippen molar-refractivity contribution in [3.63, 3.8) is 0 Å². The number of nitrogens with one attached hydrogen (secondary N) is 1. The topological polar surface area (TPSA) is 46.5 Å². The molecule has 1 aliphatic rings. The number of hydrogen-bond donors (Lipinski definition) is 1. The molecule has 0 radical (unpaired) electrons. The third-order valence-electron chi connectivity index (χ3n) is 3.28. The number of aryl methyl sites for hydroxylation is 1. The molecule has 1 N–H and O–H groups in total. The van der Waals surface area contributed by atoms with Gasteiger partial charge in [0.25, 0.3) is 5.91 Å². The second-order valence-corrected chi connectivity index (χ2v) is 5.55. The van der Waals surface area contributed by atoms with E-state index in [1.54, 1.807) is 0 Å². The average molecular weight is 330 g/mol. The molecule has 0 spiro atoms. The second kappa shape index (κ2) is 6.54. The van der Waals surface area contributed by atoms with Crippen LogP contribution >= 0.6 is 15.9 Å². The molecule has 2 heterocycles. The summed E-state index contributed by atoms with van der Waals surface area (Å²) < 4.78 is 8.53. The monoisotopic (exact) mass is 329 g/mol. The van der Waals surface area contributed by atoms with Gasteiger partial charge >= 0.3 is 0 Å². The van der Waals surface area contributed by atoms with E-state index in [1.165, 1.54) is 0 Å². The molecule has 0 bridgehead atoms. The van der Waals surface area contributed by atoms with Gasteiger partial charge in [-0.15, -0.1) is 0 Å². The Hall–Kier alpha value is -0.850. The van der Waals surface area contributed by atoms with Crippen molar-refractivity contribution in [3.8, 4) is 0 Å². The van der Waals surface area contributed by atoms with Crippen molar-refractivity contribution in [3.05, 3.63) is 22.4 Å². The highest BCUT2D eigenvalue weighted by Crippen LogP contribution is 2.18. The van der Waals surface area contributed by atoms with Gasteiger partial charge in [0.15, 0.2) is 0 Å². The van der Waals surface area contributed by atoms with E-state index in [0.717, 1.165) is 23.3 Å². The lowest BCUT2D eigenvalue weighted by Crippen LogP contribution is -2.48. The summed E-state index contributed by atoms with van der Waals surface area (Å²) in [7, 11) is 1.89. The molecule has 1 aromatic rings. The number of hydrogen-bond acceptors (Lipinski definition) is 3. The van der Waals surface area contributed by atoms with Gasteiger partial charge in [-0.1, -0.05) is 0 Å². The quantitative estimate of drug-likeness (QED) is 0.906. The Kier molecular flexibility index (Phi) is 5.01. The van der Waals surface area contributed by atoms with Gasteiger partial charge in [-0.05, 0) is 36.0 Å². The maximum atomic E-state index is 12.6. The minimum absolute atomic E-state index is 0.0798. The number of ether oxygens (including phenoxy) is 1. The largest absolute Gasteiger partial charge is 0.373 e. The highest BCUT2D eigenvalue weighted by molar-refractivity contribution is 9.10. The molecule has 1 fully saturated rings. The van der Waals surface area contributed by atoms with Gasteiger partial charge in [-0.3, -0.25) is 4.79 Å². The van der Waals surface area contributed by atoms with Crippen molar-refractivity contribution >= 4 is 21.8 Å². The van der Waals surface area contributed by atoms with Crippen LogP contribution in [0.1, 0.15) is 17.4 Å². The molecule has 5 nitrogen and oxygen atoms in total. The van der Waals surface area contributed by atoms with Gasteiger partial charge in [0.2, 0.25) is 0 Å². The van der Waals surface area contributed by atoms with Crippen LogP contribution in [0, 0.1) is 0 Å². The van der Waals surface area contributed by atoms with Crippen molar-refractivity contribution < 1.29 is 9.53 Å². The fraction of sp³-hybridized carbons (Fsp3) is 0.615. The summed E-state index contributed by atoms with van der Waals surface area (Å²) in [4.78, 5) is 14.4. The molecule has 106 valence electrons. The summed E-state index contributed by atoms with van der Waals surface area (Å²) in [6.07, 6.45) is 2.02. The lowest BCUT2D eigenvalue weighted by Gasteiger charge is -2.33. The summed E-state index contributed by atoms with van der Waals surface area (Å²) in [5.74, 6) is 0.0805. The average Bonchev–Trinajstić information content (AvgIpc) is 2.80. The molecule has 2 rings (SSSR count). The number of carbonyl (C=O) groups excluding carboxylic acids is 1. The van der Waals surface area contributed by atoms with Crippen LogP contribution < -0.4 is 5.32 Å². The molecule has 1 aliphatic heterocycles. The smallest absolute Gasteiger partial charge is 0.270 e. The molecule has 19 heavy (non-hydrogen) atoms.